The van der Waals surface area contributed by atoms with E-state index >= 15 is 0 Å². The van der Waals surface area contributed by atoms with E-state index in [2.05, 4.69) is 20.8 Å². The van der Waals surface area contributed by atoms with Gasteiger partial charge in [0, 0.05) is 6.54 Å². The Morgan fingerprint density at radius 2 is 2.38 bits per heavy atom. The number of aromatic nitrogens is 2. The molecule has 1 aromatic heterocycles. The van der Waals surface area contributed by atoms with Gasteiger partial charge in [-0.3, -0.25) is 5.32 Å². The van der Waals surface area contributed by atoms with Crippen LogP contribution in [0.1, 0.15) is 0 Å². The number of amides is 2. The Morgan fingerprint density at radius 1 is 1.56 bits per heavy atom. The van der Waals surface area contributed by atoms with Crippen LogP contribution in [0.25, 0.3) is 0 Å². The number of carboxylic acids is 1. The van der Waals surface area contributed by atoms with Crippen molar-refractivity contribution in [3.05, 3.63) is 5.51 Å². The van der Waals surface area contributed by atoms with Gasteiger partial charge in [-0.1, -0.05) is 11.3 Å². The minimum Gasteiger partial charge on any atom is -0.480 e. The molecule has 0 aliphatic heterocycles. The van der Waals surface area contributed by atoms with Crippen LogP contribution in [0.15, 0.2) is 5.51 Å². The Balaban J connectivity index is 2.05. The van der Waals surface area contributed by atoms with E-state index in [0.29, 0.717) is 5.13 Å². The molecule has 0 aliphatic rings. The van der Waals surface area contributed by atoms with Gasteiger partial charge in [-0.05, 0) is 0 Å². The van der Waals surface area contributed by atoms with Crippen molar-refractivity contribution in [2.24, 2.45) is 0 Å². The number of aliphatic carboxylic acids is 1. The SMILES string of the molecule is O=C(O)COCCNC(=O)Nc1nncs1. The van der Waals surface area contributed by atoms with Crippen LogP contribution in [0.2, 0.25) is 0 Å². The topological polar surface area (TPSA) is 113 Å². The molecule has 0 aromatic carbocycles. The lowest BCUT2D eigenvalue weighted by molar-refractivity contribution is -0.142. The summed E-state index contributed by atoms with van der Waals surface area (Å²) in [5, 5.41) is 20.7. The molecule has 16 heavy (non-hydrogen) atoms. The van der Waals surface area contributed by atoms with Crippen molar-refractivity contribution < 1.29 is 19.4 Å². The summed E-state index contributed by atoms with van der Waals surface area (Å²) in [6, 6.07) is -0.435. The number of ether oxygens (including phenoxy) is 1. The van der Waals surface area contributed by atoms with E-state index in [-0.39, 0.29) is 19.8 Å². The third kappa shape index (κ3) is 5.22. The summed E-state index contributed by atoms with van der Waals surface area (Å²) < 4.78 is 4.71. The molecule has 0 bridgehead atoms. The Hall–Kier alpha value is -1.74. The number of nitrogens with zero attached hydrogens (tertiary/aromatic N) is 2. The molecule has 0 fully saturated rings. The minimum atomic E-state index is -1.04. The molecule has 0 spiro atoms. The average molecular weight is 246 g/mol. The van der Waals surface area contributed by atoms with Crippen molar-refractivity contribution in [3.8, 4) is 0 Å². The summed E-state index contributed by atoms with van der Waals surface area (Å²) in [6.45, 7) is -0.0204. The molecule has 0 atom stereocenters. The second kappa shape index (κ2) is 6.69. The van der Waals surface area contributed by atoms with E-state index < -0.39 is 12.0 Å². The lowest BCUT2D eigenvalue weighted by atomic mass is 10.6. The number of rotatable bonds is 6. The molecule has 0 aliphatic carbocycles. The molecule has 88 valence electrons. The van der Waals surface area contributed by atoms with Gasteiger partial charge in [-0.15, -0.1) is 10.2 Å². The maximum atomic E-state index is 11.2. The Kier molecular flexibility index (Phi) is 5.16. The third-order valence-corrected chi connectivity index (χ3v) is 1.94. The number of hydrogen-bond donors (Lipinski definition) is 3. The molecule has 0 saturated carbocycles. The van der Waals surface area contributed by atoms with E-state index in [0.717, 1.165) is 0 Å². The minimum absolute atomic E-state index is 0.135. The van der Waals surface area contributed by atoms with Gasteiger partial charge in [0.1, 0.15) is 12.1 Å². The molecule has 1 rings (SSSR count). The number of hydrogen-bond acceptors (Lipinski definition) is 6. The van der Waals surface area contributed by atoms with Crippen molar-refractivity contribution in [1.82, 2.24) is 15.5 Å². The van der Waals surface area contributed by atoms with E-state index in [9.17, 15) is 9.59 Å². The molecule has 2 amide bonds. The third-order valence-electron chi connectivity index (χ3n) is 1.34. The normalized spacial score (nSPS) is 9.75. The molecule has 1 heterocycles. The maximum absolute atomic E-state index is 11.2. The number of anilines is 1. The van der Waals surface area contributed by atoms with Crippen molar-refractivity contribution in [2.75, 3.05) is 25.1 Å². The smallest absolute Gasteiger partial charge is 0.329 e. The van der Waals surface area contributed by atoms with Crippen molar-refractivity contribution in [1.29, 1.82) is 0 Å². The van der Waals surface area contributed by atoms with Crippen LogP contribution >= 0.6 is 11.3 Å². The summed E-state index contributed by atoms with van der Waals surface area (Å²) >= 11 is 1.20. The van der Waals surface area contributed by atoms with Crippen LogP contribution in [-0.4, -0.2) is 47.1 Å². The van der Waals surface area contributed by atoms with Crippen molar-refractivity contribution in [3.63, 3.8) is 0 Å². The lowest BCUT2D eigenvalue weighted by Gasteiger charge is -2.04. The quantitative estimate of drug-likeness (QED) is 0.597. The first kappa shape index (κ1) is 12.3. The van der Waals surface area contributed by atoms with Crippen molar-refractivity contribution >= 4 is 28.5 Å². The van der Waals surface area contributed by atoms with E-state index in [1.165, 1.54) is 16.8 Å². The zero-order chi connectivity index (χ0) is 11.8. The van der Waals surface area contributed by atoms with Crippen LogP contribution in [0.5, 0.6) is 0 Å². The molecule has 3 N–H and O–H groups in total. The van der Waals surface area contributed by atoms with Crippen LogP contribution < -0.4 is 10.6 Å². The second-order valence-corrected chi connectivity index (χ2v) is 3.40. The van der Waals surface area contributed by atoms with Gasteiger partial charge >= 0.3 is 12.0 Å². The van der Waals surface area contributed by atoms with E-state index in [1.54, 1.807) is 0 Å². The van der Waals surface area contributed by atoms with Crippen LogP contribution in [0.3, 0.4) is 0 Å². The first-order chi connectivity index (χ1) is 7.68. The Bertz CT molecular complexity index is 342. The maximum Gasteiger partial charge on any atom is 0.329 e. The molecular weight excluding hydrogens is 236 g/mol. The fourth-order valence-corrected chi connectivity index (χ4v) is 1.21. The first-order valence-electron chi connectivity index (χ1n) is 4.29. The average Bonchev–Trinajstić information content (AvgIpc) is 2.69. The Labute approximate surface area is 94.6 Å². The summed E-state index contributed by atoms with van der Waals surface area (Å²) in [4.78, 5) is 21.2. The molecule has 0 saturated heterocycles. The number of urea groups is 1. The van der Waals surface area contributed by atoms with E-state index in [1.807, 2.05) is 0 Å². The van der Waals surface area contributed by atoms with Crippen LogP contribution in [-0.2, 0) is 9.53 Å². The number of nitrogens with one attached hydrogen (secondary N) is 2. The van der Waals surface area contributed by atoms with Gasteiger partial charge in [-0.2, -0.15) is 0 Å². The fourth-order valence-electron chi connectivity index (χ4n) is 0.765. The summed E-state index contributed by atoms with van der Waals surface area (Å²) in [7, 11) is 0. The highest BCUT2D eigenvalue weighted by molar-refractivity contribution is 7.13. The zero-order valence-corrected chi connectivity index (χ0v) is 8.99. The van der Waals surface area contributed by atoms with Gasteiger partial charge in [-0.25, -0.2) is 9.59 Å². The fraction of sp³-hybridized carbons (Fsp3) is 0.429. The standard InChI is InChI=1S/C7H10N4O4S/c12-5(13)3-15-2-1-8-6(14)10-7-11-9-4-16-7/h4H,1-3H2,(H,12,13)(H2,8,10,11,14). The van der Waals surface area contributed by atoms with E-state index in [4.69, 9.17) is 9.84 Å². The predicted molar refractivity (Wildman–Crippen MR) is 55.4 cm³/mol. The highest BCUT2D eigenvalue weighted by Gasteiger charge is 2.03. The van der Waals surface area contributed by atoms with Gasteiger partial charge in [0.2, 0.25) is 5.13 Å². The molecule has 8 nitrogen and oxygen atoms in total. The highest BCUT2D eigenvalue weighted by atomic mass is 32.1. The zero-order valence-electron chi connectivity index (χ0n) is 8.17. The molecular formula is C7H10N4O4S. The number of carbonyl (C=O) groups excluding carboxylic acids is 1. The summed E-state index contributed by atoms with van der Waals surface area (Å²) in [6.07, 6.45) is 0. The molecule has 1 aromatic rings. The van der Waals surface area contributed by atoms with Gasteiger partial charge in [0.25, 0.3) is 0 Å². The highest BCUT2D eigenvalue weighted by Crippen LogP contribution is 2.06. The molecule has 0 radical (unpaired) electrons. The van der Waals surface area contributed by atoms with Gasteiger partial charge in [0.15, 0.2) is 0 Å². The monoisotopic (exact) mass is 246 g/mol. The summed E-state index contributed by atoms with van der Waals surface area (Å²) in [5.41, 5.74) is 1.49. The summed E-state index contributed by atoms with van der Waals surface area (Å²) in [5.74, 6) is -1.04. The molecule has 0 unspecified atom stereocenters. The number of carbonyl (C=O) groups is 2. The van der Waals surface area contributed by atoms with Crippen LogP contribution in [0, 0.1) is 0 Å². The van der Waals surface area contributed by atoms with Gasteiger partial charge in [0.05, 0.1) is 6.61 Å². The number of carboxylic acid groups (broad SMARTS) is 1. The molecule has 9 heteroatoms. The Morgan fingerprint density at radius 3 is 3.00 bits per heavy atom. The van der Waals surface area contributed by atoms with Crippen molar-refractivity contribution in [2.45, 2.75) is 0 Å². The first-order valence-corrected chi connectivity index (χ1v) is 5.17. The van der Waals surface area contributed by atoms with Crippen LogP contribution in [0.4, 0.5) is 9.93 Å². The van der Waals surface area contributed by atoms with Gasteiger partial charge < -0.3 is 15.2 Å². The lowest BCUT2D eigenvalue weighted by Crippen LogP contribution is -2.31. The second-order valence-electron chi connectivity index (χ2n) is 2.57. The largest absolute Gasteiger partial charge is 0.480 e. The predicted octanol–water partition coefficient (Wildman–Crippen LogP) is -0.239.